The van der Waals surface area contributed by atoms with Gasteiger partial charge in [-0.15, -0.1) is 0 Å². The zero-order chi connectivity index (χ0) is 13.2. The summed E-state index contributed by atoms with van der Waals surface area (Å²) in [6.45, 7) is 0. The summed E-state index contributed by atoms with van der Waals surface area (Å²) in [6, 6.07) is 2.35. The summed E-state index contributed by atoms with van der Waals surface area (Å²) in [7, 11) is 0. The molecule has 18 heavy (non-hydrogen) atoms. The van der Waals surface area contributed by atoms with Gasteiger partial charge in [0.25, 0.3) is 0 Å². The van der Waals surface area contributed by atoms with Crippen LogP contribution in [0.1, 0.15) is 25.0 Å². The van der Waals surface area contributed by atoms with E-state index in [1.165, 1.54) is 12.3 Å². The summed E-state index contributed by atoms with van der Waals surface area (Å²) in [5.74, 6) is 0. The van der Waals surface area contributed by atoms with Gasteiger partial charge in [-0.05, 0) is 37.0 Å². The molecule has 0 saturated heterocycles. The summed E-state index contributed by atoms with van der Waals surface area (Å²) < 4.78 is 37.3. The van der Waals surface area contributed by atoms with Crippen molar-refractivity contribution in [2.75, 3.05) is 0 Å². The van der Waals surface area contributed by atoms with E-state index in [0.29, 0.717) is 0 Å². The molecule has 0 aliphatic heterocycles. The van der Waals surface area contributed by atoms with E-state index in [1.807, 2.05) is 0 Å². The fraction of sp³-hybridized carbons (Fsp3) is 0.333. The number of nitrogens with zero attached hydrogens (tertiary/aromatic N) is 2. The Balaban J connectivity index is 2.20. The second-order valence-corrected chi connectivity index (χ2v) is 4.06. The number of hydrogen-bond donors (Lipinski definition) is 1. The molecule has 1 aromatic rings. The molecule has 6 heteroatoms. The van der Waals surface area contributed by atoms with Crippen molar-refractivity contribution in [3.63, 3.8) is 0 Å². The topological polar surface area (TPSA) is 51.3 Å². The van der Waals surface area contributed by atoms with E-state index in [1.54, 1.807) is 0 Å². The molecule has 1 heterocycles. The lowest BCUT2D eigenvalue weighted by Crippen LogP contribution is -2.06. The molecule has 1 aliphatic carbocycles. The van der Waals surface area contributed by atoms with Crippen molar-refractivity contribution in [3.8, 4) is 0 Å². The van der Waals surface area contributed by atoms with E-state index in [0.717, 1.165) is 42.8 Å². The van der Waals surface area contributed by atoms with Gasteiger partial charge in [-0.3, -0.25) is 9.98 Å². The fourth-order valence-corrected chi connectivity index (χ4v) is 1.75. The maximum absolute atomic E-state index is 12.4. The van der Waals surface area contributed by atoms with Crippen molar-refractivity contribution in [2.24, 2.45) is 10.7 Å². The number of pyridine rings is 1. The number of nitrogens with two attached hydrogens (primary N) is 1. The SMILES string of the molecule is NC1=C(C=Nc2ccnc(C(F)(F)F)c2)CCC1. The Morgan fingerprint density at radius 1 is 1.33 bits per heavy atom. The van der Waals surface area contributed by atoms with E-state index in [9.17, 15) is 13.2 Å². The molecule has 3 nitrogen and oxygen atoms in total. The molecule has 0 atom stereocenters. The van der Waals surface area contributed by atoms with Crippen LogP contribution >= 0.6 is 0 Å². The van der Waals surface area contributed by atoms with Crippen LogP contribution in [0.4, 0.5) is 18.9 Å². The van der Waals surface area contributed by atoms with Gasteiger partial charge < -0.3 is 5.73 Å². The third kappa shape index (κ3) is 2.88. The van der Waals surface area contributed by atoms with Crippen molar-refractivity contribution in [2.45, 2.75) is 25.4 Å². The molecule has 0 aromatic carbocycles. The third-order valence-electron chi connectivity index (χ3n) is 2.71. The highest BCUT2D eigenvalue weighted by Crippen LogP contribution is 2.29. The molecule has 2 rings (SSSR count). The van der Waals surface area contributed by atoms with E-state index >= 15 is 0 Å². The lowest BCUT2D eigenvalue weighted by Gasteiger charge is -2.05. The molecule has 0 bridgehead atoms. The van der Waals surface area contributed by atoms with E-state index in [4.69, 9.17) is 5.73 Å². The quantitative estimate of drug-likeness (QED) is 0.825. The molecular formula is C12H12F3N3. The molecule has 0 unspecified atom stereocenters. The number of hydrogen-bond acceptors (Lipinski definition) is 3. The molecule has 0 saturated carbocycles. The monoisotopic (exact) mass is 255 g/mol. The molecule has 0 fully saturated rings. The van der Waals surface area contributed by atoms with Gasteiger partial charge in [0.1, 0.15) is 5.69 Å². The second kappa shape index (κ2) is 4.80. The zero-order valence-corrected chi connectivity index (χ0v) is 9.54. The summed E-state index contributed by atoms with van der Waals surface area (Å²) in [4.78, 5) is 7.28. The maximum Gasteiger partial charge on any atom is 0.433 e. The number of alkyl halides is 3. The van der Waals surface area contributed by atoms with E-state index in [-0.39, 0.29) is 5.69 Å². The van der Waals surface area contributed by atoms with Gasteiger partial charge in [-0.25, -0.2) is 0 Å². The fourth-order valence-electron chi connectivity index (χ4n) is 1.75. The Labute approximate surface area is 102 Å². The highest BCUT2D eigenvalue weighted by atomic mass is 19.4. The second-order valence-electron chi connectivity index (χ2n) is 4.06. The molecule has 96 valence electrons. The number of halogens is 3. The third-order valence-corrected chi connectivity index (χ3v) is 2.71. The normalized spacial score (nSPS) is 16.8. The first-order chi connectivity index (χ1) is 8.47. The smallest absolute Gasteiger partial charge is 0.402 e. The largest absolute Gasteiger partial charge is 0.433 e. The minimum atomic E-state index is -4.45. The molecule has 0 radical (unpaired) electrons. The van der Waals surface area contributed by atoms with Crippen molar-refractivity contribution in [1.29, 1.82) is 0 Å². The van der Waals surface area contributed by atoms with Crippen LogP contribution in [0.2, 0.25) is 0 Å². The average Bonchev–Trinajstić information content (AvgIpc) is 2.72. The predicted octanol–water partition coefficient (Wildman–Crippen LogP) is 3.20. The van der Waals surface area contributed by atoms with Gasteiger partial charge in [0, 0.05) is 18.1 Å². The number of aliphatic imine (C=N–C) groups is 1. The number of aromatic nitrogens is 1. The van der Waals surface area contributed by atoms with E-state index < -0.39 is 11.9 Å². The van der Waals surface area contributed by atoms with Gasteiger partial charge in [-0.1, -0.05) is 0 Å². The predicted molar refractivity (Wildman–Crippen MR) is 62.5 cm³/mol. The van der Waals surface area contributed by atoms with Gasteiger partial charge >= 0.3 is 6.18 Å². The minimum Gasteiger partial charge on any atom is -0.402 e. The molecule has 1 aromatic heterocycles. The average molecular weight is 255 g/mol. The number of rotatable bonds is 2. The highest BCUT2D eigenvalue weighted by molar-refractivity contribution is 5.82. The number of allylic oxidation sites excluding steroid dienone is 2. The van der Waals surface area contributed by atoms with Crippen molar-refractivity contribution >= 4 is 11.9 Å². The molecular weight excluding hydrogens is 243 g/mol. The lowest BCUT2D eigenvalue weighted by atomic mass is 10.2. The van der Waals surface area contributed by atoms with Gasteiger partial charge in [-0.2, -0.15) is 13.2 Å². The molecule has 0 spiro atoms. The summed E-state index contributed by atoms with van der Waals surface area (Å²) in [5.41, 5.74) is 6.70. The Kier molecular flexibility index (Phi) is 3.36. The molecule has 0 amide bonds. The van der Waals surface area contributed by atoms with Gasteiger partial charge in [0.15, 0.2) is 0 Å². The van der Waals surface area contributed by atoms with Crippen LogP contribution in [-0.2, 0) is 6.18 Å². The lowest BCUT2D eigenvalue weighted by molar-refractivity contribution is -0.141. The van der Waals surface area contributed by atoms with Crippen LogP contribution in [0, 0.1) is 0 Å². The molecule has 1 aliphatic rings. The maximum atomic E-state index is 12.4. The zero-order valence-electron chi connectivity index (χ0n) is 9.54. The van der Waals surface area contributed by atoms with Crippen molar-refractivity contribution < 1.29 is 13.2 Å². The van der Waals surface area contributed by atoms with Crippen LogP contribution in [0.5, 0.6) is 0 Å². The Morgan fingerprint density at radius 3 is 2.72 bits per heavy atom. The van der Waals surface area contributed by atoms with E-state index in [2.05, 4.69) is 9.98 Å². The summed E-state index contributed by atoms with van der Waals surface area (Å²) in [6.07, 6.45) is 0.812. The first kappa shape index (κ1) is 12.6. The highest BCUT2D eigenvalue weighted by Gasteiger charge is 2.32. The van der Waals surface area contributed by atoms with Crippen LogP contribution in [0.15, 0.2) is 34.6 Å². The Bertz CT molecular complexity index is 504. The first-order valence-corrected chi connectivity index (χ1v) is 5.51. The Morgan fingerprint density at radius 2 is 2.11 bits per heavy atom. The first-order valence-electron chi connectivity index (χ1n) is 5.51. The minimum absolute atomic E-state index is 0.226. The van der Waals surface area contributed by atoms with Gasteiger partial charge in [0.05, 0.1) is 5.69 Å². The standard InChI is InChI=1S/C12H12F3N3/c13-12(14,15)11-6-9(4-5-17-11)18-7-8-2-1-3-10(8)16/h4-7H,1-3,16H2. The molecule has 2 N–H and O–H groups in total. The van der Waals surface area contributed by atoms with Crippen molar-refractivity contribution in [3.05, 3.63) is 35.3 Å². The van der Waals surface area contributed by atoms with Crippen molar-refractivity contribution in [1.82, 2.24) is 4.98 Å². The summed E-state index contributed by atoms with van der Waals surface area (Å²) in [5, 5.41) is 0. The summed E-state index contributed by atoms with van der Waals surface area (Å²) >= 11 is 0. The van der Waals surface area contributed by atoms with Gasteiger partial charge in [0.2, 0.25) is 0 Å². The van der Waals surface area contributed by atoms with Crippen LogP contribution in [0.25, 0.3) is 0 Å². The van der Waals surface area contributed by atoms with Crippen LogP contribution < -0.4 is 5.73 Å². The Hall–Kier alpha value is -1.85. The van der Waals surface area contributed by atoms with Crippen LogP contribution in [-0.4, -0.2) is 11.2 Å². The van der Waals surface area contributed by atoms with Crippen LogP contribution in [0.3, 0.4) is 0 Å².